The van der Waals surface area contributed by atoms with Crippen LogP contribution in [0.2, 0.25) is 0 Å². The number of guanidine groups is 2. The van der Waals surface area contributed by atoms with Gasteiger partial charge in [0, 0.05) is 61.7 Å². The molecular formula is C50H73N15O11S. The maximum Gasteiger partial charge on any atom is 0.326 e. The summed E-state index contributed by atoms with van der Waals surface area (Å²) in [4.78, 5) is 123. The molecule has 7 amide bonds. The second-order valence-electron chi connectivity index (χ2n) is 18.3. The van der Waals surface area contributed by atoms with Gasteiger partial charge in [0.05, 0.1) is 18.8 Å². The second kappa shape index (κ2) is 32.1. The topological polar surface area (TPSA) is 440 Å². The Morgan fingerprint density at radius 3 is 2.06 bits per heavy atom. The molecule has 0 bridgehead atoms. The lowest BCUT2D eigenvalue weighted by Gasteiger charge is -2.29. The van der Waals surface area contributed by atoms with Crippen molar-refractivity contribution in [3.63, 3.8) is 0 Å². The number of thioether (sulfide) groups is 1. The summed E-state index contributed by atoms with van der Waals surface area (Å²) in [7, 11) is 0. The summed E-state index contributed by atoms with van der Waals surface area (Å²) in [5, 5.41) is 48.1. The second-order valence-corrected chi connectivity index (χ2v) is 19.5. The predicted octanol–water partition coefficient (Wildman–Crippen LogP) is -2.84. The first-order chi connectivity index (χ1) is 36.8. The molecule has 1 saturated heterocycles. The number of aromatic nitrogens is 1. The number of pyridine rings is 1. The number of aliphatic carboxylic acids is 1. The third kappa shape index (κ3) is 20.8. The molecule has 1 aliphatic rings. The number of nitrogens with two attached hydrogens (primary N) is 5. The van der Waals surface area contributed by atoms with Gasteiger partial charge in [0.25, 0.3) is 0 Å². The summed E-state index contributed by atoms with van der Waals surface area (Å²) in [5.41, 5.74) is 28.5. The molecule has 0 unspecified atom stereocenters. The average Bonchev–Trinajstić information content (AvgIpc) is 3.90. The maximum absolute atomic E-state index is 14.1. The van der Waals surface area contributed by atoms with Gasteiger partial charge in [-0.3, -0.25) is 48.5 Å². The summed E-state index contributed by atoms with van der Waals surface area (Å²) >= 11 is 1.60. The van der Waals surface area contributed by atoms with Gasteiger partial charge in [0.1, 0.15) is 36.3 Å². The number of carbonyl (C=O) groups is 8. The highest BCUT2D eigenvalue weighted by Gasteiger charge is 2.39. The molecule has 1 aromatic heterocycles. The average molecular weight is 1090 g/mol. The number of hydrogen-bond acceptors (Lipinski definition) is 15. The smallest absolute Gasteiger partial charge is 0.326 e. The Morgan fingerprint density at radius 2 is 1.40 bits per heavy atom. The molecule has 1 fully saturated rings. The fourth-order valence-corrected chi connectivity index (χ4v) is 9.27. The number of hydrogen-bond donors (Lipinski definition) is 14. The molecule has 0 spiro atoms. The normalized spacial score (nSPS) is 15.7. The first-order valence-corrected chi connectivity index (χ1v) is 26.2. The van der Waals surface area contributed by atoms with Crippen molar-refractivity contribution in [2.75, 3.05) is 38.5 Å². The fourth-order valence-electron chi connectivity index (χ4n) is 8.24. The van der Waals surface area contributed by atoms with Gasteiger partial charge in [-0.2, -0.15) is 0 Å². The standard InChI is InChI=1S/C50H73N15O11S/c1-29(67)41(64-43(70)34(14-7-21-59-50(54)55)60-45(72)38-15-8-24-65(38)47(74)33(51)13-6-20-58-49(52)53)46(73)61-35(17-18-40(68)57-22-9-25-77-39-16-5-12-31-27-56-23-19-32(31)39)42(69)63-37(28-66)44(71)62-36(48(75)76)26-30-10-3-2-4-11-30/h2-5,10-12,16,19,23,27,29,33-38,41,66-67H,6-9,13-15,17-18,20-22,24-26,28,51H2,1H3,(H,57,68)(H,60,72)(H,61,73)(H,62,71)(H,63,69)(H,64,70)(H,75,76)(H4,52,53,58)(H4,54,55,59)/t29-,33+,34+,35+,36+,37+,38+,41+/m1/s1. The van der Waals surface area contributed by atoms with Crippen LogP contribution in [0.1, 0.15) is 70.3 Å². The number of aliphatic hydroxyl groups excluding tert-OH is 2. The van der Waals surface area contributed by atoms with Crippen LogP contribution in [0.25, 0.3) is 10.8 Å². The van der Waals surface area contributed by atoms with Crippen LogP contribution in [0, 0.1) is 0 Å². The van der Waals surface area contributed by atoms with Gasteiger partial charge >= 0.3 is 5.97 Å². The van der Waals surface area contributed by atoms with Crippen molar-refractivity contribution in [3.05, 3.63) is 72.6 Å². The fraction of sp³-hybridized carbons (Fsp3) is 0.500. The molecule has 8 atom stereocenters. The number of carbonyl (C=O) groups excluding carboxylic acids is 7. The Bertz CT molecular complexity index is 2530. The first-order valence-electron chi connectivity index (χ1n) is 25.3. The number of aliphatic hydroxyl groups is 2. The van der Waals surface area contributed by atoms with E-state index < -0.39 is 109 Å². The van der Waals surface area contributed by atoms with E-state index in [1.54, 1.807) is 54.5 Å². The van der Waals surface area contributed by atoms with E-state index in [-0.39, 0.29) is 76.6 Å². The number of rotatable bonds is 32. The highest BCUT2D eigenvalue weighted by Crippen LogP contribution is 2.27. The highest BCUT2D eigenvalue weighted by atomic mass is 32.2. The van der Waals surface area contributed by atoms with Crippen LogP contribution < -0.4 is 60.6 Å². The summed E-state index contributed by atoms with van der Waals surface area (Å²) in [6.45, 7) is 0.916. The van der Waals surface area contributed by atoms with E-state index in [9.17, 15) is 53.7 Å². The van der Waals surface area contributed by atoms with Gasteiger partial charge in [-0.05, 0) is 87.1 Å². The lowest BCUT2D eigenvalue weighted by atomic mass is 10.0. The minimum absolute atomic E-state index is 0.0361. The number of nitrogens with one attached hydrogen (secondary N) is 6. The van der Waals surface area contributed by atoms with E-state index in [2.05, 4.69) is 46.9 Å². The number of fused-ring (bicyclic) bond motifs is 1. The van der Waals surface area contributed by atoms with Crippen molar-refractivity contribution >= 4 is 81.8 Å². The molecule has 77 heavy (non-hydrogen) atoms. The summed E-state index contributed by atoms with van der Waals surface area (Å²) in [5.74, 6) is -7.01. The van der Waals surface area contributed by atoms with Crippen LogP contribution in [0.15, 0.2) is 81.9 Å². The van der Waals surface area contributed by atoms with Crippen molar-refractivity contribution in [1.29, 1.82) is 0 Å². The van der Waals surface area contributed by atoms with E-state index in [1.165, 1.54) is 11.8 Å². The van der Waals surface area contributed by atoms with Crippen LogP contribution >= 0.6 is 11.8 Å². The summed E-state index contributed by atoms with van der Waals surface area (Å²) in [6.07, 6.45) is 2.89. The minimum atomic E-state index is -1.80. The number of carboxylic acid groups (broad SMARTS) is 1. The van der Waals surface area contributed by atoms with E-state index >= 15 is 0 Å². The monoisotopic (exact) mass is 1090 g/mol. The number of amides is 7. The molecule has 1 aliphatic heterocycles. The van der Waals surface area contributed by atoms with Crippen LogP contribution in [0.3, 0.4) is 0 Å². The van der Waals surface area contributed by atoms with Crippen LogP contribution in [-0.2, 0) is 44.8 Å². The van der Waals surface area contributed by atoms with E-state index in [1.807, 2.05) is 24.3 Å². The largest absolute Gasteiger partial charge is 0.480 e. The lowest BCUT2D eigenvalue weighted by molar-refractivity contribution is -0.142. The quantitative estimate of drug-likeness (QED) is 0.0130. The van der Waals surface area contributed by atoms with Crippen molar-refractivity contribution in [1.82, 2.24) is 41.8 Å². The third-order valence-corrected chi connectivity index (χ3v) is 13.5. The van der Waals surface area contributed by atoms with E-state index in [4.69, 9.17) is 28.7 Å². The van der Waals surface area contributed by atoms with E-state index in [0.717, 1.165) is 15.7 Å². The maximum atomic E-state index is 14.1. The van der Waals surface area contributed by atoms with Gasteiger partial charge in [0.15, 0.2) is 11.9 Å². The first kappa shape index (κ1) is 61.9. The molecular weight excluding hydrogens is 1020 g/mol. The molecule has 2 heterocycles. The predicted molar refractivity (Wildman–Crippen MR) is 288 cm³/mol. The highest BCUT2D eigenvalue weighted by molar-refractivity contribution is 7.99. The Labute approximate surface area is 450 Å². The van der Waals surface area contributed by atoms with Gasteiger partial charge in [-0.1, -0.05) is 42.5 Å². The Kier molecular flexibility index (Phi) is 25.8. The molecule has 4 rings (SSSR count). The lowest BCUT2D eigenvalue weighted by Crippen LogP contribution is -2.62. The van der Waals surface area contributed by atoms with Crippen LogP contribution in [-0.4, -0.2) is 171 Å². The number of benzene rings is 2. The van der Waals surface area contributed by atoms with E-state index in [0.29, 0.717) is 30.6 Å². The van der Waals surface area contributed by atoms with Crippen LogP contribution in [0.5, 0.6) is 0 Å². The summed E-state index contributed by atoms with van der Waals surface area (Å²) < 4.78 is 0. The minimum Gasteiger partial charge on any atom is -0.480 e. The zero-order valence-corrected chi connectivity index (χ0v) is 43.8. The van der Waals surface area contributed by atoms with Gasteiger partial charge < -0.3 is 80.8 Å². The van der Waals surface area contributed by atoms with Gasteiger partial charge in [0.2, 0.25) is 41.4 Å². The number of aliphatic imine (C=N–C) groups is 2. The zero-order valence-electron chi connectivity index (χ0n) is 43.0. The molecule has 26 nitrogen and oxygen atoms in total. The molecule has 420 valence electrons. The van der Waals surface area contributed by atoms with Crippen molar-refractivity contribution in [2.24, 2.45) is 38.7 Å². The van der Waals surface area contributed by atoms with Crippen molar-refractivity contribution < 1.29 is 53.7 Å². The Hall–Kier alpha value is -7.62. The molecule has 0 saturated carbocycles. The van der Waals surface area contributed by atoms with Gasteiger partial charge in [-0.25, -0.2) is 4.79 Å². The Morgan fingerprint density at radius 1 is 0.766 bits per heavy atom. The number of nitrogens with zero attached hydrogens (tertiary/aromatic N) is 4. The van der Waals surface area contributed by atoms with Crippen molar-refractivity contribution in [3.8, 4) is 0 Å². The van der Waals surface area contributed by atoms with Gasteiger partial charge in [-0.15, -0.1) is 11.8 Å². The number of carboxylic acids is 1. The molecule has 0 radical (unpaired) electrons. The molecule has 2 aromatic carbocycles. The van der Waals surface area contributed by atoms with Crippen LogP contribution in [0.4, 0.5) is 0 Å². The SMILES string of the molecule is C[C@@H](O)[C@H](NC(=O)[C@H](CCCN=C(N)N)NC(=O)[C@@H]1CCCN1C(=O)[C@@H](N)CCCN=C(N)N)C(=O)N[C@@H](CCC(=O)NCCCSc1cccc2cnccc12)C(=O)N[C@@H](CO)C(=O)N[C@@H](Cc1ccccc1)C(=O)O. The molecule has 19 N–H and O–H groups in total. The zero-order chi connectivity index (χ0) is 56.4. The molecule has 0 aliphatic carbocycles. The Balaban J connectivity index is 1.49. The molecule has 3 aromatic rings. The number of likely N-dealkylation sites (tertiary alicyclic amines) is 1. The molecule has 27 heteroatoms. The van der Waals surface area contributed by atoms with Crippen molar-refractivity contribution in [2.45, 2.75) is 124 Å². The third-order valence-electron chi connectivity index (χ3n) is 12.3. The summed E-state index contributed by atoms with van der Waals surface area (Å²) in [6, 6.07) is 6.17.